The molecule has 0 amide bonds. The Morgan fingerprint density at radius 2 is 1.93 bits per heavy atom. The number of methoxy groups -OCH3 is 1. The number of rotatable bonds is 11. The smallest absolute Gasteiger partial charge is 0.305 e. The average Bonchev–Trinajstić information content (AvgIpc) is 2.70. The molecule has 2 aromatic rings. The maximum Gasteiger partial charge on any atom is 0.305 e. The van der Waals surface area contributed by atoms with E-state index in [4.69, 9.17) is 0 Å². The number of sulfonamides is 1. The average molecular weight is 405 g/mol. The van der Waals surface area contributed by atoms with E-state index < -0.39 is 10.0 Å². The second-order valence-electron chi connectivity index (χ2n) is 6.78. The van der Waals surface area contributed by atoms with Gasteiger partial charge in [0.05, 0.1) is 12.0 Å². The molecule has 0 saturated heterocycles. The lowest BCUT2D eigenvalue weighted by molar-refractivity contribution is -0.140. The number of pyridine rings is 1. The van der Waals surface area contributed by atoms with E-state index in [9.17, 15) is 13.2 Å². The molecule has 0 bridgehead atoms. The molecule has 1 unspecified atom stereocenters. The molecule has 6 nitrogen and oxygen atoms in total. The van der Waals surface area contributed by atoms with Crippen molar-refractivity contribution in [1.82, 2.24) is 9.71 Å². The van der Waals surface area contributed by atoms with E-state index in [1.807, 2.05) is 18.2 Å². The highest BCUT2D eigenvalue weighted by atomic mass is 32.2. The number of carbonyl (C=O) groups is 1. The first kappa shape index (κ1) is 22.0. The Labute approximate surface area is 167 Å². The molecule has 0 aliphatic rings. The van der Waals surface area contributed by atoms with Gasteiger partial charge in [0.15, 0.2) is 0 Å². The number of esters is 1. The minimum atomic E-state index is -3.58. The Kier molecular flexibility index (Phi) is 8.60. The van der Waals surface area contributed by atoms with E-state index in [0.717, 1.165) is 36.8 Å². The van der Waals surface area contributed by atoms with E-state index in [1.54, 1.807) is 37.5 Å². The molecule has 0 aliphatic heterocycles. The van der Waals surface area contributed by atoms with Crippen LogP contribution >= 0.6 is 0 Å². The summed E-state index contributed by atoms with van der Waals surface area (Å²) in [7, 11) is -2.19. The van der Waals surface area contributed by atoms with Crippen LogP contribution in [0.3, 0.4) is 0 Å². The van der Waals surface area contributed by atoms with Crippen molar-refractivity contribution in [2.24, 2.45) is 0 Å². The summed E-state index contributed by atoms with van der Waals surface area (Å²) in [4.78, 5) is 15.7. The number of hydrogen-bond acceptors (Lipinski definition) is 5. The number of nitrogens with zero attached hydrogens (tertiary/aromatic N) is 1. The zero-order chi connectivity index (χ0) is 20.4. The largest absolute Gasteiger partial charge is 0.469 e. The summed E-state index contributed by atoms with van der Waals surface area (Å²) in [5.41, 5.74) is 1.72. The van der Waals surface area contributed by atoms with Crippen molar-refractivity contribution in [2.75, 3.05) is 13.7 Å². The Bertz CT molecular complexity index is 854. The van der Waals surface area contributed by atoms with Crippen LogP contribution in [0.15, 0.2) is 53.7 Å². The van der Waals surface area contributed by atoms with Crippen LogP contribution in [0.1, 0.15) is 49.1 Å². The van der Waals surface area contributed by atoms with E-state index in [2.05, 4.69) is 14.4 Å². The number of hydrogen-bond donors (Lipinski definition) is 1. The normalized spacial score (nSPS) is 12.5. The molecule has 0 radical (unpaired) electrons. The highest BCUT2D eigenvalue weighted by Crippen LogP contribution is 2.23. The number of carbonyl (C=O) groups excluding carboxylic acids is 1. The first-order valence-corrected chi connectivity index (χ1v) is 10.9. The van der Waals surface area contributed by atoms with Crippen molar-refractivity contribution >= 4 is 16.0 Å². The van der Waals surface area contributed by atoms with E-state index in [-0.39, 0.29) is 11.9 Å². The van der Waals surface area contributed by atoms with Crippen LogP contribution in [-0.2, 0) is 19.6 Å². The summed E-state index contributed by atoms with van der Waals surface area (Å²) < 4.78 is 32.8. The van der Waals surface area contributed by atoms with Crippen molar-refractivity contribution in [3.8, 4) is 0 Å². The molecule has 0 saturated carbocycles. The second-order valence-corrected chi connectivity index (χ2v) is 8.51. The van der Waals surface area contributed by atoms with Gasteiger partial charge < -0.3 is 4.74 Å². The zero-order valence-electron chi connectivity index (χ0n) is 16.4. The van der Waals surface area contributed by atoms with Gasteiger partial charge in [0.2, 0.25) is 10.0 Å². The fourth-order valence-electron chi connectivity index (χ4n) is 3.09. The monoisotopic (exact) mass is 404 g/mol. The highest BCUT2D eigenvalue weighted by Gasteiger charge is 2.19. The molecule has 1 N–H and O–H groups in total. The Hall–Kier alpha value is -2.25. The highest BCUT2D eigenvalue weighted by molar-refractivity contribution is 7.89. The Morgan fingerprint density at radius 3 is 2.61 bits per heavy atom. The SMILES string of the molecule is COC(=O)CCCCCC(CNS(=O)(=O)c1ccccc1C)c1cccnc1. The summed E-state index contributed by atoms with van der Waals surface area (Å²) in [5, 5.41) is 0. The second kappa shape index (κ2) is 10.9. The molecule has 0 aliphatic carbocycles. The Balaban J connectivity index is 1.98. The number of aromatic nitrogens is 1. The fraction of sp³-hybridized carbons (Fsp3) is 0.429. The third-order valence-corrected chi connectivity index (χ3v) is 6.30. The van der Waals surface area contributed by atoms with E-state index >= 15 is 0 Å². The van der Waals surface area contributed by atoms with Crippen molar-refractivity contribution in [3.63, 3.8) is 0 Å². The number of benzene rings is 1. The summed E-state index contributed by atoms with van der Waals surface area (Å²) in [6, 6.07) is 10.8. The standard InChI is InChI=1S/C21H28N2O4S/c1-17-9-6-7-12-20(17)28(25,26)23-16-19(18-11-8-14-22-15-18)10-4-3-5-13-21(24)27-2/h6-9,11-12,14-15,19,23H,3-5,10,13,16H2,1-2H3. The molecule has 2 rings (SSSR count). The minimum Gasteiger partial charge on any atom is -0.469 e. The molecule has 1 aromatic carbocycles. The minimum absolute atomic E-state index is 0.0191. The van der Waals surface area contributed by atoms with Gasteiger partial charge in [0.1, 0.15) is 0 Å². The van der Waals surface area contributed by atoms with Gasteiger partial charge in [-0.1, -0.05) is 37.1 Å². The fourth-order valence-corrected chi connectivity index (χ4v) is 4.41. The van der Waals surface area contributed by atoms with Gasteiger partial charge in [0.25, 0.3) is 0 Å². The van der Waals surface area contributed by atoms with Crippen molar-refractivity contribution in [2.45, 2.75) is 49.8 Å². The zero-order valence-corrected chi connectivity index (χ0v) is 17.2. The number of nitrogens with one attached hydrogen (secondary N) is 1. The lowest BCUT2D eigenvalue weighted by atomic mass is 9.94. The predicted molar refractivity (Wildman–Crippen MR) is 108 cm³/mol. The Morgan fingerprint density at radius 1 is 1.14 bits per heavy atom. The van der Waals surface area contributed by atoms with Gasteiger partial charge >= 0.3 is 5.97 Å². The molecular weight excluding hydrogens is 376 g/mol. The molecule has 1 aromatic heterocycles. The molecule has 0 spiro atoms. The number of unbranched alkanes of at least 4 members (excludes halogenated alkanes) is 2. The summed E-state index contributed by atoms with van der Waals surface area (Å²) >= 11 is 0. The quantitative estimate of drug-likeness (QED) is 0.457. The van der Waals surface area contributed by atoms with E-state index in [1.165, 1.54) is 7.11 Å². The topological polar surface area (TPSA) is 85.4 Å². The third kappa shape index (κ3) is 6.73. The van der Waals surface area contributed by atoms with Crippen LogP contribution < -0.4 is 4.72 Å². The van der Waals surface area contributed by atoms with Gasteiger partial charge in [-0.2, -0.15) is 0 Å². The maximum absolute atomic E-state index is 12.7. The van der Waals surface area contributed by atoms with Gasteiger partial charge in [-0.15, -0.1) is 0 Å². The van der Waals surface area contributed by atoms with Crippen LogP contribution in [0.2, 0.25) is 0 Å². The molecule has 1 atom stereocenters. The van der Waals surface area contributed by atoms with Crippen LogP contribution in [0.5, 0.6) is 0 Å². The number of aryl methyl sites for hydroxylation is 1. The van der Waals surface area contributed by atoms with E-state index in [0.29, 0.717) is 17.9 Å². The van der Waals surface area contributed by atoms with Crippen LogP contribution in [0.25, 0.3) is 0 Å². The van der Waals surface area contributed by atoms with Gasteiger partial charge in [-0.3, -0.25) is 9.78 Å². The van der Waals surface area contributed by atoms with Crippen molar-refractivity contribution in [3.05, 3.63) is 59.9 Å². The van der Waals surface area contributed by atoms with Crippen LogP contribution in [0, 0.1) is 6.92 Å². The van der Waals surface area contributed by atoms with Crippen LogP contribution in [0.4, 0.5) is 0 Å². The van der Waals surface area contributed by atoms with Crippen LogP contribution in [-0.4, -0.2) is 33.0 Å². The lowest BCUT2D eigenvalue weighted by Crippen LogP contribution is -2.29. The van der Waals surface area contributed by atoms with Crippen molar-refractivity contribution in [1.29, 1.82) is 0 Å². The summed E-state index contributed by atoms with van der Waals surface area (Å²) in [6.07, 6.45) is 7.24. The molecule has 0 fully saturated rings. The molecular formula is C21H28N2O4S. The molecule has 28 heavy (non-hydrogen) atoms. The maximum atomic E-state index is 12.7. The van der Waals surface area contributed by atoms with Gasteiger partial charge in [-0.05, 0) is 48.9 Å². The molecule has 1 heterocycles. The number of ether oxygens (including phenoxy) is 1. The van der Waals surface area contributed by atoms with Crippen molar-refractivity contribution < 1.29 is 17.9 Å². The predicted octanol–water partition coefficient (Wildman–Crippen LogP) is 3.58. The lowest BCUT2D eigenvalue weighted by Gasteiger charge is -2.18. The summed E-state index contributed by atoms with van der Waals surface area (Å²) in [6.45, 7) is 2.09. The van der Waals surface area contributed by atoms with Gasteiger partial charge in [0, 0.05) is 25.4 Å². The molecule has 7 heteroatoms. The first-order valence-electron chi connectivity index (χ1n) is 9.46. The molecule has 152 valence electrons. The first-order chi connectivity index (χ1) is 13.4. The summed E-state index contributed by atoms with van der Waals surface area (Å²) in [5.74, 6) is -0.180. The van der Waals surface area contributed by atoms with Gasteiger partial charge in [-0.25, -0.2) is 13.1 Å². The third-order valence-electron chi connectivity index (χ3n) is 4.72.